The second-order valence-electron chi connectivity index (χ2n) is 7.73. The van der Waals surface area contributed by atoms with E-state index >= 15 is 0 Å². The van der Waals surface area contributed by atoms with Gasteiger partial charge in [-0.25, -0.2) is 0 Å². The minimum atomic E-state index is -0.425. The predicted molar refractivity (Wildman–Crippen MR) is 96.4 cm³/mol. The van der Waals surface area contributed by atoms with Crippen LogP contribution in [0.5, 0.6) is 0 Å². The molecule has 1 aromatic carbocycles. The number of anilines is 1. The smallest absolute Gasteiger partial charge is 0.250 e. The lowest BCUT2D eigenvalue weighted by Gasteiger charge is -2.21. The summed E-state index contributed by atoms with van der Waals surface area (Å²) < 4.78 is 1.47. The van der Waals surface area contributed by atoms with E-state index in [0.29, 0.717) is 5.69 Å². The number of carbonyl (C=O) groups is 1. The van der Waals surface area contributed by atoms with Crippen molar-refractivity contribution in [2.75, 3.05) is 5.32 Å². The number of hydrogen-bond donors (Lipinski definition) is 1. The van der Waals surface area contributed by atoms with Crippen LogP contribution >= 0.6 is 0 Å². The molecule has 4 heteroatoms. The van der Waals surface area contributed by atoms with Crippen molar-refractivity contribution in [1.29, 1.82) is 0 Å². The van der Waals surface area contributed by atoms with Gasteiger partial charge < -0.3 is 9.88 Å². The van der Waals surface area contributed by atoms with Gasteiger partial charge in [0.05, 0.1) is 11.1 Å². The van der Waals surface area contributed by atoms with Crippen LogP contribution in [-0.4, -0.2) is 10.5 Å². The van der Waals surface area contributed by atoms with Crippen LogP contribution < -0.4 is 10.9 Å². The number of hydrogen-bond acceptors (Lipinski definition) is 2. The van der Waals surface area contributed by atoms with Crippen LogP contribution in [0.15, 0.2) is 47.4 Å². The van der Waals surface area contributed by atoms with Gasteiger partial charge in [-0.2, -0.15) is 0 Å². The molecule has 1 aliphatic rings. The third kappa shape index (κ3) is 3.01. The first kappa shape index (κ1) is 16.5. The van der Waals surface area contributed by atoms with Crippen LogP contribution in [-0.2, 0) is 22.7 Å². The molecule has 0 spiro atoms. The zero-order valence-electron chi connectivity index (χ0n) is 14.7. The van der Waals surface area contributed by atoms with Crippen LogP contribution in [0, 0.1) is 0 Å². The Labute approximate surface area is 142 Å². The van der Waals surface area contributed by atoms with Crippen LogP contribution in [0.3, 0.4) is 0 Å². The van der Waals surface area contributed by atoms with E-state index in [1.807, 2.05) is 0 Å². The quantitative estimate of drug-likeness (QED) is 0.941. The molecule has 1 N–H and O–H groups in total. The zero-order chi connectivity index (χ0) is 17.5. The summed E-state index contributed by atoms with van der Waals surface area (Å²) >= 11 is 0. The van der Waals surface area contributed by atoms with E-state index in [4.69, 9.17) is 0 Å². The number of aromatic nitrogens is 1. The minimum Gasteiger partial charge on any atom is -0.324 e. The van der Waals surface area contributed by atoms with Gasteiger partial charge in [-0.15, -0.1) is 0 Å². The Morgan fingerprint density at radius 1 is 1.08 bits per heavy atom. The van der Waals surface area contributed by atoms with Crippen molar-refractivity contribution < 1.29 is 4.79 Å². The summed E-state index contributed by atoms with van der Waals surface area (Å²) in [6, 6.07) is 11.5. The van der Waals surface area contributed by atoms with Crippen LogP contribution in [0.25, 0.3) is 0 Å². The van der Waals surface area contributed by atoms with Crippen molar-refractivity contribution in [1.82, 2.24) is 4.57 Å². The Bertz CT molecular complexity index is 822. The van der Waals surface area contributed by atoms with Crippen molar-refractivity contribution in [3.63, 3.8) is 0 Å². The molecule has 2 aromatic rings. The molecule has 0 unspecified atom stereocenters. The maximum atomic E-state index is 12.8. The van der Waals surface area contributed by atoms with E-state index in [1.54, 1.807) is 19.3 Å². The number of aryl methyl sites for hydroxylation is 1. The van der Waals surface area contributed by atoms with Gasteiger partial charge in [0.15, 0.2) is 0 Å². The van der Waals surface area contributed by atoms with Crippen molar-refractivity contribution >= 4 is 11.6 Å². The molecule has 3 rings (SSSR count). The normalized spacial score (nSPS) is 15.8. The zero-order valence-corrected chi connectivity index (χ0v) is 14.7. The molecule has 126 valence electrons. The number of rotatable bonds is 3. The van der Waals surface area contributed by atoms with E-state index in [-0.39, 0.29) is 16.9 Å². The SMILES string of the molecule is Cn1cc(NC(=O)C2(c3ccc(C(C)(C)C)cc3)CC2)ccc1=O. The van der Waals surface area contributed by atoms with Crippen molar-refractivity contribution in [2.24, 2.45) is 7.05 Å². The molecule has 0 radical (unpaired) electrons. The van der Waals surface area contributed by atoms with Gasteiger partial charge in [0.2, 0.25) is 11.5 Å². The Morgan fingerprint density at radius 2 is 1.71 bits per heavy atom. The van der Waals surface area contributed by atoms with Gasteiger partial charge >= 0.3 is 0 Å². The molecular formula is C20H24N2O2. The van der Waals surface area contributed by atoms with Gasteiger partial charge in [-0.1, -0.05) is 45.0 Å². The van der Waals surface area contributed by atoms with E-state index in [0.717, 1.165) is 18.4 Å². The molecule has 0 bridgehead atoms. The fraction of sp³-hybridized carbons (Fsp3) is 0.400. The highest BCUT2D eigenvalue weighted by atomic mass is 16.2. The van der Waals surface area contributed by atoms with Crippen molar-refractivity contribution in [3.8, 4) is 0 Å². The third-order valence-corrected chi connectivity index (χ3v) is 4.83. The molecule has 0 atom stereocenters. The molecule has 1 saturated carbocycles. The topological polar surface area (TPSA) is 51.1 Å². The third-order valence-electron chi connectivity index (χ3n) is 4.83. The number of carbonyl (C=O) groups excluding carboxylic acids is 1. The average Bonchev–Trinajstić information content (AvgIpc) is 3.32. The largest absolute Gasteiger partial charge is 0.324 e. The number of nitrogens with zero attached hydrogens (tertiary/aromatic N) is 1. The van der Waals surface area contributed by atoms with E-state index in [9.17, 15) is 9.59 Å². The summed E-state index contributed by atoms with van der Waals surface area (Å²) in [5, 5.41) is 2.96. The maximum absolute atomic E-state index is 12.8. The molecular weight excluding hydrogens is 300 g/mol. The summed E-state index contributed by atoms with van der Waals surface area (Å²) in [6.07, 6.45) is 3.37. The summed E-state index contributed by atoms with van der Waals surface area (Å²) in [4.78, 5) is 24.2. The fourth-order valence-corrected chi connectivity index (χ4v) is 2.98. The second-order valence-corrected chi connectivity index (χ2v) is 7.73. The first-order valence-electron chi connectivity index (χ1n) is 8.32. The van der Waals surface area contributed by atoms with Gasteiger partial charge in [-0.05, 0) is 35.4 Å². The second kappa shape index (κ2) is 5.62. The average molecular weight is 324 g/mol. The maximum Gasteiger partial charge on any atom is 0.250 e. The van der Waals surface area contributed by atoms with Gasteiger partial charge in [0.25, 0.3) is 0 Å². The Hall–Kier alpha value is -2.36. The summed E-state index contributed by atoms with van der Waals surface area (Å²) in [6.45, 7) is 6.55. The molecule has 0 aliphatic heterocycles. The van der Waals surface area contributed by atoms with Gasteiger partial charge in [-0.3, -0.25) is 9.59 Å². The highest BCUT2D eigenvalue weighted by molar-refractivity contribution is 6.01. The lowest BCUT2D eigenvalue weighted by Crippen LogP contribution is -2.28. The molecule has 4 nitrogen and oxygen atoms in total. The highest BCUT2D eigenvalue weighted by Crippen LogP contribution is 2.49. The number of nitrogens with one attached hydrogen (secondary N) is 1. The Balaban J connectivity index is 1.81. The fourth-order valence-electron chi connectivity index (χ4n) is 2.98. The molecule has 1 fully saturated rings. The van der Waals surface area contributed by atoms with Crippen molar-refractivity contribution in [2.45, 2.75) is 44.4 Å². The van der Waals surface area contributed by atoms with E-state index < -0.39 is 5.41 Å². The first-order chi connectivity index (χ1) is 11.2. The highest BCUT2D eigenvalue weighted by Gasteiger charge is 2.51. The van der Waals surface area contributed by atoms with E-state index in [2.05, 4.69) is 50.4 Å². The number of benzene rings is 1. The molecule has 1 aliphatic carbocycles. The molecule has 1 aromatic heterocycles. The van der Waals surface area contributed by atoms with Crippen LogP contribution in [0.1, 0.15) is 44.7 Å². The lowest BCUT2D eigenvalue weighted by atomic mass is 9.85. The predicted octanol–water partition coefficient (Wildman–Crippen LogP) is 3.35. The van der Waals surface area contributed by atoms with Crippen LogP contribution in [0.4, 0.5) is 5.69 Å². The first-order valence-corrected chi connectivity index (χ1v) is 8.32. The molecule has 24 heavy (non-hydrogen) atoms. The summed E-state index contributed by atoms with van der Waals surface area (Å²) in [5.74, 6) is 0.00431. The van der Waals surface area contributed by atoms with Gasteiger partial charge in [0.1, 0.15) is 0 Å². The van der Waals surface area contributed by atoms with Crippen molar-refractivity contribution in [3.05, 3.63) is 64.1 Å². The molecule has 1 heterocycles. The molecule has 0 saturated heterocycles. The number of amides is 1. The summed E-state index contributed by atoms with van der Waals surface area (Å²) in [5.41, 5.74) is 2.57. The van der Waals surface area contributed by atoms with Gasteiger partial charge in [0, 0.05) is 19.3 Å². The Morgan fingerprint density at radius 3 is 2.21 bits per heavy atom. The molecule has 1 amide bonds. The Kier molecular flexibility index (Phi) is 3.86. The van der Waals surface area contributed by atoms with E-state index in [1.165, 1.54) is 16.2 Å². The standard InChI is InChI=1S/C20H24N2O2/c1-19(2,3)14-5-7-15(8-6-14)20(11-12-20)18(24)21-16-9-10-17(23)22(4)13-16/h5-10,13H,11-12H2,1-4H3,(H,21,24). The minimum absolute atomic E-state index is 0.00431. The number of pyridine rings is 1. The summed E-state index contributed by atoms with van der Waals surface area (Å²) in [7, 11) is 1.68. The lowest BCUT2D eigenvalue weighted by molar-refractivity contribution is -0.118. The monoisotopic (exact) mass is 324 g/mol. The van der Waals surface area contributed by atoms with Crippen LogP contribution in [0.2, 0.25) is 0 Å².